The molecule has 0 aliphatic heterocycles. The van der Waals surface area contributed by atoms with E-state index in [0.29, 0.717) is 17.3 Å². The maximum atomic E-state index is 13.1. The van der Waals surface area contributed by atoms with Crippen molar-refractivity contribution < 1.29 is 9.50 Å². The van der Waals surface area contributed by atoms with Crippen LogP contribution in [0.15, 0.2) is 28.9 Å². The maximum absolute atomic E-state index is 13.1. The van der Waals surface area contributed by atoms with Gasteiger partial charge in [-0.3, -0.25) is 0 Å². The molecule has 0 unspecified atom stereocenters. The first-order chi connectivity index (χ1) is 8.20. The van der Waals surface area contributed by atoms with Crippen LogP contribution in [0, 0.1) is 5.82 Å². The van der Waals surface area contributed by atoms with Crippen LogP contribution >= 0.6 is 15.9 Å². The Hall–Kier alpha value is -1.27. The molecule has 0 saturated carbocycles. The van der Waals surface area contributed by atoms with Gasteiger partial charge in [-0.2, -0.15) is 0 Å². The predicted octanol–water partition coefficient (Wildman–Crippen LogP) is 2.09. The SMILES string of the molecule is OCCCc1cn(-c2ccc(F)c(Br)c2)nn1. The highest BCUT2D eigenvalue weighted by atomic mass is 79.9. The van der Waals surface area contributed by atoms with Crippen LogP contribution in [0.4, 0.5) is 4.39 Å². The molecule has 0 spiro atoms. The lowest BCUT2D eigenvalue weighted by atomic mass is 10.2. The summed E-state index contributed by atoms with van der Waals surface area (Å²) in [6, 6.07) is 4.64. The zero-order valence-corrected chi connectivity index (χ0v) is 10.6. The summed E-state index contributed by atoms with van der Waals surface area (Å²) < 4.78 is 15.0. The molecular weight excluding hydrogens is 289 g/mol. The van der Waals surface area contributed by atoms with Crippen LogP contribution in [0.25, 0.3) is 5.69 Å². The van der Waals surface area contributed by atoms with Crippen molar-refractivity contribution >= 4 is 15.9 Å². The first-order valence-corrected chi connectivity index (χ1v) is 5.97. The lowest BCUT2D eigenvalue weighted by Crippen LogP contribution is -1.95. The first-order valence-electron chi connectivity index (χ1n) is 5.18. The Bertz CT molecular complexity index is 515. The van der Waals surface area contributed by atoms with Crippen LogP contribution < -0.4 is 0 Å². The lowest BCUT2D eigenvalue weighted by molar-refractivity contribution is 0.288. The van der Waals surface area contributed by atoms with Crippen LogP contribution in [0.3, 0.4) is 0 Å². The molecule has 0 radical (unpaired) electrons. The molecule has 1 aromatic heterocycles. The molecule has 6 heteroatoms. The fraction of sp³-hybridized carbons (Fsp3) is 0.273. The number of nitrogens with zero attached hydrogens (tertiary/aromatic N) is 3. The molecule has 0 atom stereocenters. The molecule has 1 aromatic carbocycles. The number of halogens is 2. The summed E-state index contributed by atoms with van der Waals surface area (Å²) in [6.45, 7) is 0.134. The highest BCUT2D eigenvalue weighted by Crippen LogP contribution is 2.19. The zero-order valence-electron chi connectivity index (χ0n) is 8.98. The number of hydrogen-bond acceptors (Lipinski definition) is 3. The van der Waals surface area contributed by atoms with Gasteiger partial charge in [-0.15, -0.1) is 5.10 Å². The van der Waals surface area contributed by atoms with Crippen LogP contribution in [0.1, 0.15) is 12.1 Å². The molecular formula is C11H11BrFN3O. The molecule has 2 rings (SSSR count). The minimum Gasteiger partial charge on any atom is -0.396 e. The van der Waals surface area contributed by atoms with E-state index in [0.717, 1.165) is 11.4 Å². The maximum Gasteiger partial charge on any atom is 0.137 e. The highest BCUT2D eigenvalue weighted by molar-refractivity contribution is 9.10. The summed E-state index contributed by atoms with van der Waals surface area (Å²) in [4.78, 5) is 0. The average Bonchev–Trinajstić information content (AvgIpc) is 2.79. The Morgan fingerprint density at radius 3 is 2.94 bits per heavy atom. The van der Waals surface area contributed by atoms with Gasteiger partial charge in [0.2, 0.25) is 0 Å². The molecule has 90 valence electrons. The quantitative estimate of drug-likeness (QED) is 0.940. The second-order valence-electron chi connectivity index (χ2n) is 3.58. The molecule has 0 bridgehead atoms. The van der Waals surface area contributed by atoms with Gasteiger partial charge in [0.1, 0.15) is 5.82 Å². The molecule has 0 aliphatic carbocycles. The number of hydrogen-bond donors (Lipinski definition) is 1. The van der Waals surface area contributed by atoms with E-state index in [2.05, 4.69) is 26.2 Å². The lowest BCUT2D eigenvalue weighted by Gasteiger charge is -2.01. The largest absolute Gasteiger partial charge is 0.396 e. The third-order valence-electron chi connectivity index (χ3n) is 2.30. The second kappa shape index (κ2) is 5.37. The van der Waals surface area contributed by atoms with E-state index < -0.39 is 0 Å². The number of aryl methyl sites for hydroxylation is 1. The summed E-state index contributed by atoms with van der Waals surface area (Å²) >= 11 is 3.12. The van der Waals surface area contributed by atoms with Crippen molar-refractivity contribution in [2.45, 2.75) is 12.8 Å². The number of benzene rings is 1. The number of rotatable bonds is 4. The van der Waals surface area contributed by atoms with E-state index >= 15 is 0 Å². The highest BCUT2D eigenvalue weighted by Gasteiger charge is 2.05. The van der Waals surface area contributed by atoms with Gasteiger partial charge < -0.3 is 5.11 Å². The van der Waals surface area contributed by atoms with Crippen LogP contribution in [0.2, 0.25) is 0 Å². The van der Waals surface area contributed by atoms with Gasteiger partial charge in [-0.05, 0) is 47.0 Å². The van der Waals surface area contributed by atoms with Crippen molar-refractivity contribution in [2.75, 3.05) is 6.61 Å². The van der Waals surface area contributed by atoms with Crippen molar-refractivity contribution in [1.82, 2.24) is 15.0 Å². The Kier molecular flexibility index (Phi) is 3.86. The first kappa shape index (κ1) is 12.2. The van der Waals surface area contributed by atoms with E-state index in [4.69, 9.17) is 5.11 Å². The average molecular weight is 300 g/mol. The van der Waals surface area contributed by atoms with Crippen LogP contribution in [-0.4, -0.2) is 26.7 Å². The minimum atomic E-state index is -0.311. The topological polar surface area (TPSA) is 50.9 Å². The van der Waals surface area contributed by atoms with Crippen LogP contribution in [0.5, 0.6) is 0 Å². The molecule has 0 saturated heterocycles. The minimum absolute atomic E-state index is 0.134. The Balaban J connectivity index is 2.21. The van der Waals surface area contributed by atoms with Gasteiger partial charge in [-0.1, -0.05) is 5.21 Å². The van der Waals surface area contributed by atoms with Gasteiger partial charge in [0.05, 0.1) is 22.1 Å². The summed E-state index contributed by atoms with van der Waals surface area (Å²) in [5.41, 5.74) is 1.54. The molecule has 0 aliphatic rings. The molecule has 4 nitrogen and oxygen atoms in total. The van der Waals surface area contributed by atoms with Gasteiger partial charge in [0.15, 0.2) is 0 Å². The standard InChI is InChI=1S/C11H11BrFN3O/c12-10-6-9(3-4-11(10)13)16-7-8(14-15-16)2-1-5-17/h3-4,6-7,17H,1-2,5H2. The Labute approximate surface area is 106 Å². The van der Waals surface area contributed by atoms with E-state index in [1.165, 1.54) is 6.07 Å². The molecule has 2 aromatic rings. The van der Waals surface area contributed by atoms with E-state index in [9.17, 15) is 4.39 Å². The van der Waals surface area contributed by atoms with E-state index in [1.807, 2.05) is 0 Å². The van der Waals surface area contributed by atoms with Crippen molar-refractivity contribution in [3.63, 3.8) is 0 Å². The summed E-state index contributed by atoms with van der Waals surface area (Å²) in [7, 11) is 0. The van der Waals surface area contributed by atoms with Gasteiger partial charge in [-0.25, -0.2) is 9.07 Å². The Morgan fingerprint density at radius 2 is 2.24 bits per heavy atom. The fourth-order valence-electron chi connectivity index (χ4n) is 1.43. The number of aromatic nitrogens is 3. The van der Waals surface area contributed by atoms with Crippen molar-refractivity contribution in [2.24, 2.45) is 0 Å². The van der Waals surface area contributed by atoms with Crippen LogP contribution in [-0.2, 0) is 6.42 Å². The van der Waals surface area contributed by atoms with Crippen molar-refractivity contribution in [1.29, 1.82) is 0 Å². The third kappa shape index (κ3) is 2.89. The normalized spacial score (nSPS) is 10.8. The van der Waals surface area contributed by atoms with Crippen molar-refractivity contribution in [3.8, 4) is 5.69 Å². The Morgan fingerprint density at radius 1 is 1.41 bits per heavy atom. The monoisotopic (exact) mass is 299 g/mol. The number of aliphatic hydroxyl groups is 1. The smallest absolute Gasteiger partial charge is 0.137 e. The molecule has 0 fully saturated rings. The van der Waals surface area contributed by atoms with Gasteiger partial charge in [0.25, 0.3) is 0 Å². The molecule has 1 heterocycles. The van der Waals surface area contributed by atoms with E-state index in [1.54, 1.807) is 23.0 Å². The second-order valence-corrected chi connectivity index (χ2v) is 4.43. The predicted molar refractivity (Wildman–Crippen MR) is 64.4 cm³/mol. The number of aliphatic hydroxyl groups excluding tert-OH is 1. The molecule has 1 N–H and O–H groups in total. The summed E-state index contributed by atoms with van der Waals surface area (Å²) in [5, 5.41) is 16.6. The fourth-order valence-corrected chi connectivity index (χ4v) is 1.79. The van der Waals surface area contributed by atoms with E-state index in [-0.39, 0.29) is 12.4 Å². The molecule has 0 amide bonds. The zero-order chi connectivity index (χ0) is 12.3. The molecule has 17 heavy (non-hydrogen) atoms. The van der Waals surface area contributed by atoms with Crippen molar-refractivity contribution in [3.05, 3.63) is 40.4 Å². The van der Waals surface area contributed by atoms with Gasteiger partial charge >= 0.3 is 0 Å². The summed E-state index contributed by atoms with van der Waals surface area (Å²) in [6.07, 6.45) is 3.11. The third-order valence-corrected chi connectivity index (χ3v) is 2.91. The summed E-state index contributed by atoms with van der Waals surface area (Å²) in [5.74, 6) is -0.311. The van der Waals surface area contributed by atoms with Gasteiger partial charge in [0, 0.05) is 6.61 Å².